The van der Waals surface area contributed by atoms with Gasteiger partial charge in [-0.05, 0) is 62.1 Å². The van der Waals surface area contributed by atoms with Crippen molar-refractivity contribution in [2.24, 2.45) is 5.73 Å². The monoisotopic (exact) mass is 300 g/mol. The third-order valence-electron chi connectivity index (χ3n) is 4.16. The molecule has 2 aliphatic rings. The molecule has 0 aliphatic heterocycles. The summed E-state index contributed by atoms with van der Waals surface area (Å²) in [5, 5.41) is 9.95. The predicted octanol–water partition coefficient (Wildman–Crippen LogP) is 3.66. The summed E-state index contributed by atoms with van der Waals surface area (Å²) in [6.07, 6.45) is 5.10. The minimum absolute atomic E-state index is 0.0839. The Morgan fingerprint density at radius 2 is 1.86 bits per heavy atom. The lowest BCUT2D eigenvalue weighted by atomic mass is 10.1. The fraction of sp³-hybridized carbons (Fsp3) is 0.500. The zero-order valence-electron chi connectivity index (χ0n) is 12.2. The van der Waals surface area contributed by atoms with E-state index in [2.05, 4.69) is 39.0 Å². The van der Waals surface area contributed by atoms with Gasteiger partial charge < -0.3 is 10.3 Å². The van der Waals surface area contributed by atoms with Crippen molar-refractivity contribution in [3.63, 3.8) is 0 Å². The number of hydrogen-bond acceptors (Lipinski definition) is 4. The number of rotatable bonds is 5. The summed E-state index contributed by atoms with van der Waals surface area (Å²) in [6, 6.07) is 9.19. The number of nitrogens with zero attached hydrogens (tertiary/aromatic N) is 3. The van der Waals surface area contributed by atoms with Crippen molar-refractivity contribution in [2.75, 3.05) is 0 Å². The Kier molecular flexibility index (Phi) is 3.27. The zero-order chi connectivity index (χ0) is 14.4. The second-order valence-corrected chi connectivity index (χ2v) is 7.22. The molecule has 21 heavy (non-hydrogen) atoms. The molecule has 0 amide bonds. The normalized spacial score (nSPS) is 19.7. The summed E-state index contributed by atoms with van der Waals surface area (Å²) in [5.41, 5.74) is 7.07. The third-order valence-corrected chi connectivity index (χ3v) is 5.13. The van der Waals surface area contributed by atoms with E-state index in [1.165, 1.54) is 42.0 Å². The summed E-state index contributed by atoms with van der Waals surface area (Å²) in [7, 11) is 0. The van der Waals surface area contributed by atoms with Crippen LogP contribution in [0.15, 0.2) is 34.3 Å². The molecular formula is C16H20N4S. The first-order valence-corrected chi connectivity index (χ1v) is 8.52. The smallest absolute Gasteiger partial charge is 0.196 e. The van der Waals surface area contributed by atoms with Crippen molar-refractivity contribution in [2.45, 2.75) is 60.7 Å². The first kappa shape index (κ1) is 13.3. The zero-order valence-corrected chi connectivity index (χ0v) is 13.0. The molecule has 2 saturated carbocycles. The van der Waals surface area contributed by atoms with Crippen LogP contribution in [0, 0.1) is 0 Å². The van der Waals surface area contributed by atoms with E-state index in [1.54, 1.807) is 11.8 Å². The van der Waals surface area contributed by atoms with Crippen LogP contribution in [-0.4, -0.2) is 14.8 Å². The maximum atomic E-state index is 5.90. The summed E-state index contributed by atoms with van der Waals surface area (Å²) in [4.78, 5) is 1.20. The molecule has 2 aromatic rings. The quantitative estimate of drug-likeness (QED) is 0.915. The molecule has 4 rings (SSSR count). The molecule has 0 saturated heterocycles. The predicted molar refractivity (Wildman–Crippen MR) is 83.4 cm³/mol. The Morgan fingerprint density at radius 1 is 1.14 bits per heavy atom. The fourth-order valence-corrected chi connectivity index (χ4v) is 3.50. The van der Waals surface area contributed by atoms with Crippen molar-refractivity contribution in [3.05, 3.63) is 35.7 Å². The van der Waals surface area contributed by atoms with Crippen LogP contribution in [0.4, 0.5) is 0 Å². The van der Waals surface area contributed by atoms with Crippen molar-refractivity contribution >= 4 is 11.8 Å². The molecule has 1 atom stereocenters. The molecule has 4 nitrogen and oxygen atoms in total. The van der Waals surface area contributed by atoms with Crippen LogP contribution >= 0.6 is 11.8 Å². The highest BCUT2D eigenvalue weighted by molar-refractivity contribution is 7.99. The lowest BCUT2D eigenvalue weighted by molar-refractivity contribution is 0.627. The van der Waals surface area contributed by atoms with Gasteiger partial charge in [-0.15, -0.1) is 10.2 Å². The van der Waals surface area contributed by atoms with Gasteiger partial charge in [-0.2, -0.15) is 0 Å². The van der Waals surface area contributed by atoms with Gasteiger partial charge in [0.25, 0.3) is 0 Å². The molecule has 2 N–H and O–H groups in total. The van der Waals surface area contributed by atoms with Gasteiger partial charge in [0.2, 0.25) is 0 Å². The second kappa shape index (κ2) is 5.14. The van der Waals surface area contributed by atoms with Crippen LogP contribution in [0.1, 0.15) is 62.0 Å². The Balaban J connectivity index is 1.59. The molecule has 1 heterocycles. The number of aromatic nitrogens is 3. The lowest BCUT2D eigenvalue weighted by Crippen LogP contribution is -2.04. The summed E-state index contributed by atoms with van der Waals surface area (Å²) in [6.45, 7) is 2.01. The molecule has 0 radical (unpaired) electrons. The largest absolute Gasteiger partial charge is 0.324 e. The van der Waals surface area contributed by atoms with Gasteiger partial charge in [0.1, 0.15) is 5.82 Å². The van der Waals surface area contributed by atoms with Crippen LogP contribution in [0.5, 0.6) is 0 Å². The molecule has 2 aliphatic carbocycles. The van der Waals surface area contributed by atoms with E-state index in [9.17, 15) is 0 Å². The lowest BCUT2D eigenvalue weighted by Gasteiger charge is -2.09. The Bertz CT molecular complexity index is 639. The topological polar surface area (TPSA) is 56.7 Å². The SMILES string of the molecule is C[C@@H](N)c1ccc(Sc2nnc(C3CC3)n2C2CC2)cc1. The maximum absolute atomic E-state index is 5.90. The summed E-state index contributed by atoms with van der Waals surface area (Å²) in [5.74, 6) is 1.88. The van der Waals surface area contributed by atoms with E-state index in [0.717, 1.165) is 5.16 Å². The maximum Gasteiger partial charge on any atom is 0.196 e. The van der Waals surface area contributed by atoms with E-state index in [1.807, 2.05) is 6.92 Å². The molecule has 0 bridgehead atoms. The van der Waals surface area contributed by atoms with Gasteiger partial charge in [0.05, 0.1) is 0 Å². The van der Waals surface area contributed by atoms with E-state index in [4.69, 9.17) is 5.73 Å². The standard InChI is InChI=1S/C16H20N4S/c1-10(17)11-4-8-14(9-5-11)21-16-19-18-15(12-2-3-12)20(16)13-6-7-13/h4-5,8-10,12-13H,2-3,6-7,17H2,1H3/t10-/m1/s1. The molecular weight excluding hydrogens is 280 g/mol. The van der Waals surface area contributed by atoms with Crippen LogP contribution < -0.4 is 5.73 Å². The average Bonchev–Trinajstić information content (AvgIpc) is 3.39. The number of nitrogens with two attached hydrogens (primary N) is 1. The molecule has 0 unspecified atom stereocenters. The Labute approximate surface area is 129 Å². The van der Waals surface area contributed by atoms with Crippen molar-refractivity contribution < 1.29 is 0 Å². The average molecular weight is 300 g/mol. The van der Waals surface area contributed by atoms with E-state index in [0.29, 0.717) is 12.0 Å². The highest BCUT2D eigenvalue weighted by Crippen LogP contribution is 2.46. The summed E-state index contributed by atoms with van der Waals surface area (Å²) >= 11 is 1.72. The Morgan fingerprint density at radius 3 is 2.43 bits per heavy atom. The Hall–Kier alpha value is -1.33. The van der Waals surface area contributed by atoms with E-state index in [-0.39, 0.29) is 6.04 Å². The van der Waals surface area contributed by atoms with E-state index < -0.39 is 0 Å². The van der Waals surface area contributed by atoms with Gasteiger partial charge in [0.15, 0.2) is 5.16 Å². The van der Waals surface area contributed by atoms with Crippen LogP contribution in [0.3, 0.4) is 0 Å². The van der Waals surface area contributed by atoms with Gasteiger partial charge >= 0.3 is 0 Å². The molecule has 1 aromatic heterocycles. The minimum atomic E-state index is 0.0839. The van der Waals surface area contributed by atoms with Gasteiger partial charge in [-0.25, -0.2) is 0 Å². The van der Waals surface area contributed by atoms with Crippen LogP contribution in [0.2, 0.25) is 0 Å². The van der Waals surface area contributed by atoms with Crippen molar-refractivity contribution in [1.82, 2.24) is 14.8 Å². The highest BCUT2D eigenvalue weighted by Gasteiger charge is 2.36. The van der Waals surface area contributed by atoms with Gasteiger partial charge in [0, 0.05) is 22.9 Å². The number of hydrogen-bond donors (Lipinski definition) is 1. The van der Waals surface area contributed by atoms with Crippen LogP contribution in [-0.2, 0) is 0 Å². The minimum Gasteiger partial charge on any atom is -0.324 e. The van der Waals surface area contributed by atoms with E-state index >= 15 is 0 Å². The molecule has 1 aromatic carbocycles. The third kappa shape index (κ3) is 2.72. The summed E-state index contributed by atoms with van der Waals surface area (Å²) < 4.78 is 2.39. The second-order valence-electron chi connectivity index (χ2n) is 6.18. The highest BCUT2D eigenvalue weighted by atomic mass is 32.2. The molecule has 2 fully saturated rings. The number of benzene rings is 1. The first-order chi connectivity index (χ1) is 10.2. The molecule has 0 spiro atoms. The van der Waals surface area contributed by atoms with Crippen LogP contribution in [0.25, 0.3) is 0 Å². The fourth-order valence-electron chi connectivity index (χ4n) is 2.60. The first-order valence-electron chi connectivity index (χ1n) is 7.70. The van der Waals surface area contributed by atoms with Gasteiger partial charge in [-0.1, -0.05) is 12.1 Å². The van der Waals surface area contributed by atoms with Crippen molar-refractivity contribution in [1.29, 1.82) is 0 Å². The molecule has 110 valence electrons. The van der Waals surface area contributed by atoms with Crippen molar-refractivity contribution in [3.8, 4) is 0 Å². The molecule has 5 heteroatoms. The van der Waals surface area contributed by atoms with Gasteiger partial charge in [-0.3, -0.25) is 0 Å².